The van der Waals surface area contributed by atoms with E-state index in [1.54, 1.807) is 12.1 Å². The van der Waals surface area contributed by atoms with E-state index in [0.29, 0.717) is 24.4 Å². The van der Waals surface area contributed by atoms with Crippen LogP contribution in [0.4, 0.5) is 0 Å². The average Bonchev–Trinajstić information content (AvgIpc) is 3.16. The molecule has 0 aromatic heterocycles. The number of benzene rings is 1. The SMILES string of the molecule is COc1ccc(C(=O)NCC2(CCN)CC2)cc1O. The fraction of sp³-hybridized carbons (Fsp3) is 0.500. The van der Waals surface area contributed by atoms with Crippen molar-refractivity contribution in [3.8, 4) is 11.5 Å². The van der Waals surface area contributed by atoms with Crippen LogP contribution in [0.15, 0.2) is 18.2 Å². The molecule has 5 heteroatoms. The highest BCUT2D eigenvalue weighted by Crippen LogP contribution is 2.47. The van der Waals surface area contributed by atoms with Gasteiger partial charge < -0.3 is 20.9 Å². The van der Waals surface area contributed by atoms with Crippen molar-refractivity contribution < 1.29 is 14.6 Å². The third-order valence-corrected chi connectivity index (χ3v) is 3.70. The van der Waals surface area contributed by atoms with Crippen LogP contribution < -0.4 is 15.8 Å². The maximum Gasteiger partial charge on any atom is 0.251 e. The van der Waals surface area contributed by atoms with Crippen LogP contribution in [0.3, 0.4) is 0 Å². The Hall–Kier alpha value is -1.75. The number of nitrogens with two attached hydrogens (primary N) is 1. The second-order valence-corrected chi connectivity index (χ2v) is 5.11. The van der Waals surface area contributed by atoms with Crippen molar-refractivity contribution in [2.24, 2.45) is 11.1 Å². The van der Waals surface area contributed by atoms with Crippen LogP contribution in [0, 0.1) is 5.41 Å². The number of carbonyl (C=O) groups excluding carboxylic acids is 1. The monoisotopic (exact) mass is 264 g/mol. The average molecular weight is 264 g/mol. The summed E-state index contributed by atoms with van der Waals surface area (Å²) in [6.07, 6.45) is 3.19. The van der Waals surface area contributed by atoms with Gasteiger partial charge in [0.05, 0.1) is 7.11 Å². The number of nitrogens with one attached hydrogen (secondary N) is 1. The molecule has 0 aliphatic heterocycles. The Morgan fingerprint density at radius 2 is 2.26 bits per heavy atom. The molecule has 0 spiro atoms. The largest absolute Gasteiger partial charge is 0.504 e. The molecule has 1 aromatic rings. The molecule has 1 aliphatic carbocycles. The minimum absolute atomic E-state index is 0.0294. The lowest BCUT2D eigenvalue weighted by Crippen LogP contribution is -2.31. The normalized spacial score (nSPS) is 15.9. The fourth-order valence-electron chi connectivity index (χ4n) is 2.20. The van der Waals surface area contributed by atoms with E-state index in [-0.39, 0.29) is 17.1 Å². The van der Waals surface area contributed by atoms with Crippen LogP contribution in [-0.2, 0) is 0 Å². The first-order chi connectivity index (χ1) is 9.10. The molecule has 0 bridgehead atoms. The predicted molar refractivity (Wildman–Crippen MR) is 72.3 cm³/mol. The lowest BCUT2D eigenvalue weighted by molar-refractivity contribution is 0.0943. The Morgan fingerprint density at radius 1 is 1.53 bits per heavy atom. The van der Waals surface area contributed by atoms with Crippen molar-refractivity contribution in [3.05, 3.63) is 23.8 Å². The van der Waals surface area contributed by atoms with Gasteiger partial charge >= 0.3 is 0 Å². The molecule has 19 heavy (non-hydrogen) atoms. The van der Waals surface area contributed by atoms with Crippen LogP contribution in [-0.4, -0.2) is 31.2 Å². The summed E-state index contributed by atoms with van der Waals surface area (Å²) in [5.41, 5.74) is 6.20. The van der Waals surface area contributed by atoms with Crippen LogP contribution in [0.25, 0.3) is 0 Å². The number of phenols is 1. The minimum atomic E-state index is -0.179. The summed E-state index contributed by atoms with van der Waals surface area (Å²) >= 11 is 0. The molecule has 1 saturated carbocycles. The van der Waals surface area contributed by atoms with E-state index in [9.17, 15) is 9.90 Å². The summed E-state index contributed by atoms with van der Waals surface area (Å²) in [6, 6.07) is 4.63. The van der Waals surface area contributed by atoms with E-state index in [4.69, 9.17) is 10.5 Å². The number of amides is 1. The van der Waals surface area contributed by atoms with Crippen LogP contribution in [0.2, 0.25) is 0 Å². The van der Waals surface area contributed by atoms with Crippen molar-refractivity contribution in [2.75, 3.05) is 20.2 Å². The van der Waals surface area contributed by atoms with Gasteiger partial charge in [-0.3, -0.25) is 4.79 Å². The summed E-state index contributed by atoms with van der Waals surface area (Å²) < 4.78 is 4.94. The van der Waals surface area contributed by atoms with E-state index in [0.717, 1.165) is 19.3 Å². The van der Waals surface area contributed by atoms with Gasteiger partial charge in [-0.2, -0.15) is 0 Å². The number of carbonyl (C=O) groups is 1. The molecule has 0 saturated heterocycles. The van der Waals surface area contributed by atoms with Crippen LogP contribution in [0.1, 0.15) is 29.6 Å². The highest BCUT2D eigenvalue weighted by Gasteiger charge is 2.41. The van der Waals surface area contributed by atoms with E-state index in [1.807, 2.05) is 0 Å². The van der Waals surface area contributed by atoms with Gasteiger partial charge in [-0.1, -0.05) is 0 Å². The molecule has 0 atom stereocenters. The lowest BCUT2D eigenvalue weighted by atomic mass is 10.0. The molecular weight excluding hydrogens is 244 g/mol. The molecule has 0 heterocycles. The second-order valence-electron chi connectivity index (χ2n) is 5.11. The van der Waals surface area contributed by atoms with Gasteiger partial charge in [0.1, 0.15) is 0 Å². The van der Waals surface area contributed by atoms with E-state index < -0.39 is 0 Å². The van der Waals surface area contributed by atoms with Crippen molar-refractivity contribution in [2.45, 2.75) is 19.3 Å². The molecule has 1 fully saturated rings. The number of rotatable bonds is 6. The molecule has 1 aromatic carbocycles. The molecule has 104 valence electrons. The molecule has 2 rings (SSSR count). The van der Waals surface area contributed by atoms with Gasteiger partial charge in [-0.15, -0.1) is 0 Å². The number of hydrogen-bond donors (Lipinski definition) is 3. The summed E-state index contributed by atoms with van der Waals surface area (Å²) in [7, 11) is 1.47. The summed E-state index contributed by atoms with van der Waals surface area (Å²) in [5.74, 6) is 0.151. The number of ether oxygens (including phenoxy) is 1. The predicted octanol–water partition coefficient (Wildman–Crippen LogP) is 1.26. The molecule has 1 aliphatic rings. The summed E-state index contributed by atoms with van der Waals surface area (Å²) in [5, 5.41) is 12.5. The number of aromatic hydroxyl groups is 1. The first-order valence-corrected chi connectivity index (χ1v) is 6.45. The first-order valence-electron chi connectivity index (χ1n) is 6.45. The Bertz CT molecular complexity index is 470. The lowest BCUT2D eigenvalue weighted by Gasteiger charge is -2.15. The van der Waals surface area contributed by atoms with E-state index in [1.165, 1.54) is 13.2 Å². The number of methoxy groups -OCH3 is 1. The Labute approximate surface area is 112 Å². The number of hydrogen-bond acceptors (Lipinski definition) is 4. The molecule has 4 N–H and O–H groups in total. The van der Waals surface area contributed by atoms with Crippen LogP contribution in [0.5, 0.6) is 11.5 Å². The van der Waals surface area contributed by atoms with E-state index >= 15 is 0 Å². The highest BCUT2D eigenvalue weighted by atomic mass is 16.5. The first kappa shape index (κ1) is 13.7. The van der Waals surface area contributed by atoms with Gasteiger partial charge in [0.15, 0.2) is 11.5 Å². The smallest absolute Gasteiger partial charge is 0.251 e. The number of phenolic OH excluding ortho intramolecular Hbond substituents is 1. The quantitative estimate of drug-likeness (QED) is 0.722. The Morgan fingerprint density at radius 3 is 2.79 bits per heavy atom. The molecule has 5 nitrogen and oxygen atoms in total. The molecule has 0 radical (unpaired) electrons. The van der Waals surface area contributed by atoms with Crippen molar-refractivity contribution in [3.63, 3.8) is 0 Å². The van der Waals surface area contributed by atoms with Crippen LogP contribution >= 0.6 is 0 Å². The fourth-order valence-corrected chi connectivity index (χ4v) is 2.20. The summed E-state index contributed by atoms with van der Waals surface area (Å²) in [6.45, 7) is 1.30. The Kier molecular flexibility index (Phi) is 3.95. The third-order valence-electron chi connectivity index (χ3n) is 3.70. The van der Waals surface area contributed by atoms with Gasteiger partial charge in [0, 0.05) is 12.1 Å². The van der Waals surface area contributed by atoms with Crippen molar-refractivity contribution in [1.29, 1.82) is 0 Å². The molecule has 0 unspecified atom stereocenters. The zero-order chi connectivity index (χ0) is 13.9. The topological polar surface area (TPSA) is 84.6 Å². The van der Waals surface area contributed by atoms with Gasteiger partial charge in [0.25, 0.3) is 5.91 Å². The maximum absolute atomic E-state index is 12.0. The van der Waals surface area contributed by atoms with Crippen molar-refractivity contribution >= 4 is 5.91 Å². The third kappa shape index (κ3) is 3.17. The maximum atomic E-state index is 12.0. The zero-order valence-corrected chi connectivity index (χ0v) is 11.1. The van der Waals surface area contributed by atoms with Crippen molar-refractivity contribution in [1.82, 2.24) is 5.32 Å². The van der Waals surface area contributed by atoms with Gasteiger partial charge in [0.2, 0.25) is 0 Å². The highest BCUT2D eigenvalue weighted by molar-refractivity contribution is 5.94. The Balaban J connectivity index is 1.95. The minimum Gasteiger partial charge on any atom is -0.504 e. The second kappa shape index (κ2) is 5.48. The standard InChI is InChI=1S/C14H20N2O3/c1-19-12-3-2-10(8-11(12)17)13(18)16-9-14(4-5-14)6-7-15/h2-3,8,17H,4-7,9,15H2,1H3,(H,16,18). The van der Waals surface area contributed by atoms with Gasteiger partial charge in [-0.05, 0) is 49.4 Å². The zero-order valence-electron chi connectivity index (χ0n) is 11.1. The molecule has 1 amide bonds. The van der Waals surface area contributed by atoms with Gasteiger partial charge in [-0.25, -0.2) is 0 Å². The molecular formula is C14H20N2O3. The van der Waals surface area contributed by atoms with E-state index in [2.05, 4.69) is 5.32 Å². The summed E-state index contributed by atoms with van der Waals surface area (Å²) in [4.78, 5) is 12.0.